The Morgan fingerprint density at radius 1 is 1.22 bits per heavy atom. The van der Waals surface area contributed by atoms with Crippen LogP contribution in [0.5, 0.6) is 0 Å². The van der Waals surface area contributed by atoms with Crippen LogP contribution in [0, 0.1) is 6.92 Å². The summed E-state index contributed by atoms with van der Waals surface area (Å²) in [4.78, 5) is 4.53. The van der Waals surface area contributed by atoms with Gasteiger partial charge >= 0.3 is 0 Å². The molecule has 1 aromatic carbocycles. The number of hydrogen-bond acceptors (Lipinski definition) is 2. The van der Waals surface area contributed by atoms with Crippen LogP contribution >= 0.6 is 0 Å². The van der Waals surface area contributed by atoms with Gasteiger partial charge in [-0.15, -0.1) is 0 Å². The van der Waals surface area contributed by atoms with Gasteiger partial charge in [0.05, 0.1) is 11.0 Å². The van der Waals surface area contributed by atoms with Crippen molar-refractivity contribution in [2.45, 2.75) is 39.3 Å². The van der Waals surface area contributed by atoms with Crippen LogP contribution < -0.4 is 0 Å². The van der Waals surface area contributed by atoms with E-state index in [1.54, 1.807) is 0 Å². The second-order valence-corrected chi connectivity index (χ2v) is 11.5. The van der Waals surface area contributed by atoms with Crippen molar-refractivity contribution in [2.75, 3.05) is 6.61 Å². The largest absolute Gasteiger partial charge is 0.361 e. The topological polar surface area (TPSA) is 27.1 Å². The number of aryl methyl sites for hydroxylation is 1. The van der Waals surface area contributed by atoms with Crippen LogP contribution in [0.15, 0.2) is 24.3 Å². The van der Waals surface area contributed by atoms with Crippen LogP contribution in [0.2, 0.25) is 25.7 Å². The van der Waals surface area contributed by atoms with E-state index in [4.69, 9.17) is 4.74 Å². The number of ether oxygens (including phenoxy) is 1. The molecule has 1 heterocycles. The fourth-order valence-electron chi connectivity index (χ4n) is 1.89. The quantitative estimate of drug-likeness (QED) is 0.607. The third kappa shape index (κ3) is 3.20. The molecule has 3 nitrogen and oxygen atoms in total. The predicted molar refractivity (Wildman–Crippen MR) is 78.6 cm³/mol. The predicted octanol–water partition coefficient (Wildman–Crippen LogP) is 3.66. The SMILES string of the molecule is Cc1nc2ccccc2n1COCC[Si](C)(C)C. The lowest BCUT2D eigenvalue weighted by molar-refractivity contribution is 0.0885. The van der Waals surface area contributed by atoms with Crippen LogP contribution in [0.25, 0.3) is 11.0 Å². The van der Waals surface area contributed by atoms with E-state index in [2.05, 4.69) is 35.3 Å². The van der Waals surface area contributed by atoms with Crippen molar-refractivity contribution in [3.8, 4) is 0 Å². The Bertz CT molecular complexity index is 528. The summed E-state index contributed by atoms with van der Waals surface area (Å²) in [6, 6.07) is 9.41. The Morgan fingerprint density at radius 2 is 1.94 bits per heavy atom. The number of hydrogen-bond donors (Lipinski definition) is 0. The van der Waals surface area contributed by atoms with E-state index in [1.165, 1.54) is 6.04 Å². The zero-order valence-electron chi connectivity index (χ0n) is 11.7. The van der Waals surface area contributed by atoms with Gasteiger partial charge in [-0.3, -0.25) is 0 Å². The van der Waals surface area contributed by atoms with E-state index in [9.17, 15) is 0 Å². The molecule has 0 atom stereocenters. The lowest BCUT2D eigenvalue weighted by Gasteiger charge is -2.16. The molecule has 0 aliphatic heterocycles. The fourth-order valence-corrected chi connectivity index (χ4v) is 2.65. The van der Waals surface area contributed by atoms with E-state index in [0.29, 0.717) is 6.73 Å². The van der Waals surface area contributed by atoms with Gasteiger partial charge in [-0.2, -0.15) is 0 Å². The molecule has 0 amide bonds. The molecular formula is C14H22N2OSi. The summed E-state index contributed by atoms with van der Waals surface area (Å²) in [7, 11) is -0.996. The number of aromatic nitrogens is 2. The highest BCUT2D eigenvalue weighted by Gasteiger charge is 2.12. The first-order chi connectivity index (χ1) is 8.47. The average molecular weight is 262 g/mol. The highest BCUT2D eigenvalue weighted by molar-refractivity contribution is 6.76. The van der Waals surface area contributed by atoms with E-state index < -0.39 is 8.07 Å². The van der Waals surface area contributed by atoms with E-state index >= 15 is 0 Å². The Balaban J connectivity index is 2.01. The molecule has 0 fully saturated rings. The first-order valence-electron chi connectivity index (χ1n) is 6.47. The molecule has 0 unspecified atom stereocenters. The Hall–Kier alpha value is -1.13. The Labute approximate surface area is 110 Å². The normalized spacial score (nSPS) is 12.2. The van der Waals surface area contributed by atoms with Crippen LogP contribution in [-0.2, 0) is 11.5 Å². The van der Waals surface area contributed by atoms with E-state index in [1.807, 2.05) is 25.1 Å². The fraction of sp³-hybridized carbons (Fsp3) is 0.500. The third-order valence-corrected chi connectivity index (χ3v) is 4.77. The van der Waals surface area contributed by atoms with Crippen molar-refractivity contribution in [3.63, 3.8) is 0 Å². The maximum atomic E-state index is 5.80. The monoisotopic (exact) mass is 262 g/mol. The highest BCUT2D eigenvalue weighted by atomic mass is 28.3. The van der Waals surface area contributed by atoms with Gasteiger partial charge in [0, 0.05) is 14.7 Å². The van der Waals surface area contributed by atoms with Gasteiger partial charge in [-0.05, 0) is 25.1 Å². The molecule has 0 spiro atoms. The molecule has 0 aliphatic rings. The van der Waals surface area contributed by atoms with Crippen molar-refractivity contribution >= 4 is 19.1 Å². The molecule has 0 radical (unpaired) electrons. The molecule has 0 N–H and O–H groups in total. The number of fused-ring (bicyclic) bond motifs is 1. The van der Waals surface area contributed by atoms with Crippen LogP contribution in [-0.4, -0.2) is 24.2 Å². The average Bonchev–Trinajstić information content (AvgIpc) is 2.59. The van der Waals surface area contributed by atoms with Gasteiger partial charge in [0.25, 0.3) is 0 Å². The zero-order chi connectivity index (χ0) is 13.2. The van der Waals surface area contributed by atoms with Crippen molar-refractivity contribution in [1.29, 1.82) is 0 Å². The molecule has 0 saturated heterocycles. The minimum absolute atomic E-state index is 0.608. The van der Waals surface area contributed by atoms with Gasteiger partial charge in [-0.25, -0.2) is 4.98 Å². The van der Waals surface area contributed by atoms with Gasteiger partial charge in [-0.1, -0.05) is 31.8 Å². The molecule has 0 bridgehead atoms. The van der Waals surface area contributed by atoms with Gasteiger partial charge in [0.1, 0.15) is 12.6 Å². The molecule has 18 heavy (non-hydrogen) atoms. The summed E-state index contributed by atoms with van der Waals surface area (Å²) in [6.45, 7) is 10.6. The van der Waals surface area contributed by atoms with Gasteiger partial charge in [0.2, 0.25) is 0 Å². The lowest BCUT2D eigenvalue weighted by Crippen LogP contribution is -2.22. The van der Waals surface area contributed by atoms with E-state index in [-0.39, 0.29) is 0 Å². The summed E-state index contributed by atoms with van der Waals surface area (Å²) in [5, 5.41) is 0. The first-order valence-corrected chi connectivity index (χ1v) is 10.2. The minimum atomic E-state index is -0.996. The molecule has 4 heteroatoms. The molecule has 0 saturated carbocycles. The Morgan fingerprint density at radius 3 is 2.67 bits per heavy atom. The molecule has 0 aliphatic carbocycles. The maximum Gasteiger partial charge on any atom is 0.124 e. The molecule has 2 rings (SSSR count). The van der Waals surface area contributed by atoms with Crippen molar-refractivity contribution in [2.24, 2.45) is 0 Å². The summed E-state index contributed by atoms with van der Waals surface area (Å²) in [5.41, 5.74) is 2.20. The molecule has 2 aromatic rings. The summed E-state index contributed by atoms with van der Waals surface area (Å²) in [6.07, 6.45) is 0. The number of benzene rings is 1. The minimum Gasteiger partial charge on any atom is -0.361 e. The second kappa shape index (κ2) is 5.24. The lowest BCUT2D eigenvalue weighted by atomic mass is 10.3. The number of para-hydroxylation sites is 2. The second-order valence-electron chi connectivity index (χ2n) is 5.92. The maximum absolute atomic E-state index is 5.80. The third-order valence-electron chi connectivity index (χ3n) is 3.06. The first kappa shape index (κ1) is 13.3. The van der Waals surface area contributed by atoms with Crippen LogP contribution in [0.1, 0.15) is 5.82 Å². The standard InChI is InChI=1S/C14H22N2OSi/c1-12-15-13-7-5-6-8-14(13)16(12)11-17-9-10-18(2,3)4/h5-8H,9-11H2,1-4H3. The number of rotatable bonds is 5. The van der Waals surface area contributed by atoms with Crippen molar-refractivity contribution in [3.05, 3.63) is 30.1 Å². The smallest absolute Gasteiger partial charge is 0.124 e. The van der Waals surface area contributed by atoms with Crippen LogP contribution in [0.4, 0.5) is 0 Å². The molecule has 98 valence electrons. The van der Waals surface area contributed by atoms with Gasteiger partial charge in [0.15, 0.2) is 0 Å². The molecular weight excluding hydrogens is 240 g/mol. The van der Waals surface area contributed by atoms with Crippen LogP contribution in [0.3, 0.4) is 0 Å². The zero-order valence-corrected chi connectivity index (χ0v) is 12.7. The van der Waals surface area contributed by atoms with Crippen molar-refractivity contribution < 1.29 is 4.74 Å². The summed E-state index contributed by atoms with van der Waals surface area (Å²) < 4.78 is 7.94. The highest BCUT2D eigenvalue weighted by Crippen LogP contribution is 2.15. The number of imidazole rings is 1. The number of nitrogens with zero attached hydrogens (tertiary/aromatic N) is 2. The summed E-state index contributed by atoms with van der Waals surface area (Å²) >= 11 is 0. The van der Waals surface area contributed by atoms with Gasteiger partial charge < -0.3 is 9.30 Å². The van der Waals surface area contributed by atoms with E-state index in [0.717, 1.165) is 23.5 Å². The van der Waals surface area contributed by atoms with Crippen molar-refractivity contribution in [1.82, 2.24) is 9.55 Å². The summed E-state index contributed by atoms with van der Waals surface area (Å²) in [5.74, 6) is 1.02. The molecule has 1 aromatic heterocycles. The Kier molecular flexibility index (Phi) is 3.87.